The quantitative estimate of drug-likeness (QED) is 0.666. The van der Waals surface area contributed by atoms with E-state index in [0.29, 0.717) is 0 Å². The molecule has 3 nitrogen and oxygen atoms in total. The summed E-state index contributed by atoms with van der Waals surface area (Å²) in [6.07, 6.45) is 3.38. The molecule has 0 aliphatic rings. The topological polar surface area (TPSA) is 38.9 Å². The van der Waals surface area contributed by atoms with Crippen molar-refractivity contribution in [3.63, 3.8) is 0 Å². The molecule has 0 bridgehead atoms. The van der Waals surface area contributed by atoms with E-state index < -0.39 is 0 Å². The molecule has 0 unspecified atom stereocenters. The van der Waals surface area contributed by atoms with Crippen LogP contribution in [0.4, 0.5) is 0 Å². The van der Waals surface area contributed by atoms with Gasteiger partial charge in [0, 0.05) is 6.20 Å². The van der Waals surface area contributed by atoms with Crippen molar-refractivity contribution in [2.75, 3.05) is 0 Å². The molecule has 0 fully saturated rings. The lowest BCUT2D eigenvalue weighted by Crippen LogP contribution is -1.92. The largest absolute Gasteiger partial charge is 0.463 e. The minimum Gasteiger partial charge on any atom is -0.463 e. The molecule has 2 aromatic rings. The smallest absolute Gasteiger partial charge is 0.154 e. The Hall–Kier alpha value is -1.64. The summed E-state index contributed by atoms with van der Waals surface area (Å²) in [6.45, 7) is 3.85. The Balaban J connectivity index is 2.53. The number of nitrogens with zero attached hydrogens (tertiary/aromatic N) is 2. The number of aryl methyl sites for hydroxylation is 2. The number of furan rings is 1. The standard InChI is InChI=1S/C10H10N2O/c1-7-6-11-10(8(2)12-7)9-4-3-5-13-9/h3-6H,1-2H3. The number of rotatable bonds is 1. The maximum atomic E-state index is 5.24. The van der Waals surface area contributed by atoms with Crippen molar-refractivity contribution in [1.82, 2.24) is 9.97 Å². The lowest BCUT2D eigenvalue weighted by atomic mass is 10.2. The van der Waals surface area contributed by atoms with E-state index in [4.69, 9.17) is 4.42 Å². The molecule has 66 valence electrons. The van der Waals surface area contributed by atoms with E-state index in [0.717, 1.165) is 22.8 Å². The average molecular weight is 174 g/mol. The van der Waals surface area contributed by atoms with E-state index in [1.54, 1.807) is 12.5 Å². The third-order valence-corrected chi connectivity index (χ3v) is 1.82. The normalized spacial score (nSPS) is 10.3. The van der Waals surface area contributed by atoms with Crippen LogP contribution in [-0.4, -0.2) is 9.97 Å². The molecular formula is C10H10N2O. The molecule has 0 saturated carbocycles. The van der Waals surface area contributed by atoms with Crippen LogP contribution >= 0.6 is 0 Å². The predicted octanol–water partition coefficient (Wildman–Crippen LogP) is 2.35. The van der Waals surface area contributed by atoms with Crippen LogP contribution in [-0.2, 0) is 0 Å². The van der Waals surface area contributed by atoms with Crippen molar-refractivity contribution < 1.29 is 4.42 Å². The Morgan fingerprint density at radius 2 is 2.15 bits per heavy atom. The summed E-state index contributed by atoms with van der Waals surface area (Å²) in [6, 6.07) is 3.72. The van der Waals surface area contributed by atoms with Crippen LogP contribution in [0.5, 0.6) is 0 Å². The van der Waals surface area contributed by atoms with Crippen LogP contribution < -0.4 is 0 Å². The minimum absolute atomic E-state index is 0.769. The molecule has 0 aromatic carbocycles. The van der Waals surface area contributed by atoms with Crippen LogP contribution in [0.15, 0.2) is 29.0 Å². The van der Waals surface area contributed by atoms with E-state index in [-0.39, 0.29) is 0 Å². The Morgan fingerprint density at radius 1 is 1.31 bits per heavy atom. The van der Waals surface area contributed by atoms with E-state index in [1.165, 1.54) is 0 Å². The molecule has 0 radical (unpaired) electrons. The van der Waals surface area contributed by atoms with Crippen molar-refractivity contribution in [2.24, 2.45) is 0 Å². The molecule has 0 N–H and O–H groups in total. The first-order valence-corrected chi connectivity index (χ1v) is 4.11. The Morgan fingerprint density at radius 3 is 2.77 bits per heavy atom. The summed E-state index contributed by atoms with van der Waals surface area (Å²) >= 11 is 0. The highest BCUT2D eigenvalue weighted by molar-refractivity contribution is 5.54. The SMILES string of the molecule is Cc1cnc(-c2ccco2)c(C)n1. The summed E-state index contributed by atoms with van der Waals surface area (Å²) in [5, 5.41) is 0. The Bertz CT molecular complexity index is 407. The highest BCUT2D eigenvalue weighted by atomic mass is 16.3. The molecule has 0 amide bonds. The zero-order valence-electron chi connectivity index (χ0n) is 7.61. The third kappa shape index (κ3) is 1.45. The van der Waals surface area contributed by atoms with Gasteiger partial charge in [0.25, 0.3) is 0 Å². The highest BCUT2D eigenvalue weighted by Gasteiger charge is 2.06. The fraction of sp³-hybridized carbons (Fsp3) is 0.200. The monoisotopic (exact) mass is 174 g/mol. The number of aromatic nitrogens is 2. The van der Waals surface area contributed by atoms with Gasteiger partial charge in [0.1, 0.15) is 5.69 Å². The van der Waals surface area contributed by atoms with E-state index in [1.807, 2.05) is 26.0 Å². The highest BCUT2D eigenvalue weighted by Crippen LogP contribution is 2.19. The van der Waals surface area contributed by atoms with Crippen molar-refractivity contribution in [3.05, 3.63) is 36.0 Å². The zero-order valence-corrected chi connectivity index (χ0v) is 7.61. The molecule has 0 atom stereocenters. The Kier molecular flexibility index (Phi) is 1.85. The van der Waals surface area contributed by atoms with E-state index >= 15 is 0 Å². The first kappa shape index (κ1) is 7.98. The molecule has 0 saturated heterocycles. The summed E-state index contributed by atoms with van der Waals surface area (Å²) in [5.41, 5.74) is 2.64. The van der Waals surface area contributed by atoms with Crippen LogP contribution in [0.1, 0.15) is 11.4 Å². The molecule has 2 aromatic heterocycles. The van der Waals surface area contributed by atoms with Crippen LogP contribution in [0.2, 0.25) is 0 Å². The van der Waals surface area contributed by atoms with Gasteiger partial charge in [0.05, 0.1) is 17.7 Å². The van der Waals surface area contributed by atoms with Gasteiger partial charge in [-0.15, -0.1) is 0 Å². The molecular weight excluding hydrogens is 164 g/mol. The van der Waals surface area contributed by atoms with Gasteiger partial charge in [-0.25, -0.2) is 4.98 Å². The summed E-state index contributed by atoms with van der Waals surface area (Å²) in [4.78, 5) is 8.57. The van der Waals surface area contributed by atoms with Gasteiger partial charge in [-0.2, -0.15) is 0 Å². The zero-order chi connectivity index (χ0) is 9.26. The average Bonchev–Trinajstić information content (AvgIpc) is 2.56. The fourth-order valence-corrected chi connectivity index (χ4v) is 1.25. The molecule has 2 rings (SSSR count). The molecule has 3 heteroatoms. The minimum atomic E-state index is 0.769. The number of hydrogen-bond acceptors (Lipinski definition) is 3. The first-order chi connectivity index (χ1) is 6.27. The lowest BCUT2D eigenvalue weighted by Gasteiger charge is -2.00. The molecule has 0 spiro atoms. The molecule has 13 heavy (non-hydrogen) atoms. The molecule has 0 aliphatic heterocycles. The van der Waals surface area contributed by atoms with Gasteiger partial charge >= 0.3 is 0 Å². The van der Waals surface area contributed by atoms with Crippen molar-refractivity contribution >= 4 is 0 Å². The van der Waals surface area contributed by atoms with Gasteiger partial charge in [0.15, 0.2) is 5.76 Å². The second-order valence-electron chi connectivity index (χ2n) is 2.92. The molecule has 0 aliphatic carbocycles. The fourth-order valence-electron chi connectivity index (χ4n) is 1.25. The second kappa shape index (κ2) is 3.01. The summed E-state index contributed by atoms with van der Waals surface area (Å²) in [7, 11) is 0. The lowest BCUT2D eigenvalue weighted by molar-refractivity contribution is 0.579. The second-order valence-corrected chi connectivity index (χ2v) is 2.92. The Labute approximate surface area is 76.5 Å². The molecule has 2 heterocycles. The van der Waals surface area contributed by atoms with E-state index in [9.17, 15) is 0 Å². The summed E-state index contributed by atoms with van der Waals surface area (Å²) in [5.74, 6) is 0.769. The maximum Gasteiger partial charge on any atom is 0.154 e. The summed E-state index contributed by atoms with van der Waals surface area (Å²) < 4.78 is 5.24. The van der Waals surface area contributed by atoms with Crippen molar-refractivity contribution in [3.8, 4) is 11.5 Å². The van der Waals surface area contributed by atoms with Crippen LogP contribution in [0, 0.1) is 13.8 Å². The number of hydrogen-bond donors (Lipinski definition) is 0. The van der Waals surface area contributed by atoms with Gasteiger partial charge in [-0.05, 0) is 26.0 Å². The van der Waals surface area contributed by atoms with Gasteiger partial charge in [-0.1, -0.05) is 0 Å². The first-order valence-electron chi connectivity index (χ1n) is 4.11. The predicted molar refractivity (Wildman–Crippen MR) is 49.2 cm³/mol. The van der Waals surface area contributed by atoms with Crippen LogP contribution in [0.25, 0.3) is 11.5 Å². The maximum absolute atomic E-state index is 5.24. The van der Waals surface area contributed by atoms with Crippen molar-refractivity contribution in [2.45, 2.75) is 13.8 Å². The van der Waals surface area contributed by atoms with Gasteiger partial charge in [0.2, 0.25) is 0 Å². The van der Waals surface area contributed by atoms with Crippen LogP contribution in [0.3, 0.4) is 0 Å². The van der Waals surface area contributed by atoms with E-state index in [2.05, 4.69) is 9.97 Å². The van der Waals surface area contributed by atoms with Gasteiger partial charge < -0.3 is 4.42 Å². The van der Waals surface area contributed by atoms with Crippen molar-refractivity contribution in [1.29, 1.82) is 0 Å². The third-order valence-electron chi connectivity index (χ3n) is 1.82. The van der Waals surface area contributed by atoms with Gasteiger partial charge in [-0.3, -0.25) is 4.98 Å².